The number of hydrogen-bond acceptors (Lipinski definition) is 4. The van der Waals surface area contributed by atoms with Gasteiger partial charge >= 0.3 is 5.97 Å². The minimum absolute atomic E-state index is 0.0862. The number of allylic oxidation sites excluding steroid dienone is 2. The summed E-state index contributed by atoms with van der Waals surface area (Å²) in [6.45, 7) is 11.9. The van der Waals surface area contributed by atoms with Gasteiger partial charge in [-0.05, 0) is 44.6 Å². The molecule has 0 amide bonds. The van der Waals surface area contributed by atoms with Gasteiger partial charge in [0.05, 0.1) is 12.1 Å². The molecule has 116 valence electrons. The third kappa shape index (κ3) is 4.93. The van der Waals surface area contributed by atoms with Crippen LogP contribution in [0.4, 0.5) is 0 Å². The summed E-state index contributed by atoms with van der Waals surface area (Å²) in [4.78, 5) is 17.0. The van der Waals surface area contributed by atoms with Gasteiger partial charge in [0.2, 0.25) is 0 Å². The zero-order chi connectivity index (χ0) is 16.3. The molecule has 0 saturated heterocycles. The topological polar surface area (TPSA) is 47.9 Å². The van der Waals surface area contributed by atoms with E-state index in [0.717, 1.165) is 5.57 Å². The molecule has 1 aliphatic rings. The SMILES string of the molecule is C#CCO/N=C/C(C)=C[C@@H]1[C@@H](C(=O)OC(C)(C)C)C1(C)C. The lowest BCUT2D eigenvalue weighted by Crippen LogP contribution is -2.26. The highest BCUT2D eigenvalue weighted by molar-refractivity contribution is 5.81. The average Bonchev–Trinajstić information content (AvgIpc) is 2.84. The number of carbonyl (C=O) groups excluding carboxylic acids is 1. The van der Waals surface area contributed by atoms with Crippen molar-refractivity contribution in [3.8, 4) is 12.3 Å². The van der Waals surface area contributed by atoms with Crippen LogP contribution in [0.25, 0.3) is 0 Å². The van der Waals surface area contributed by atoms with Gasteiger partial charge in [0, 0.05) is 0 Å². The maximum Gasteiger partial charge on any atom is 0.310 e. The molecule has 0 radical (unpaired) electrons. The lowest BCUT2D eigenvalue weighted by molar-refractivity contribution is -0.157. The Hall–Kier alpha value is -1.76. The Balaban J connectivity index is 2.66. The van der Waals surface area contributed by atoms with E-state index in [-0.39, 0.29) is 29.8 Å². The lowest BCUT2D eigenvalue weighted by Gasteiger charge is -2.19. The summed E-state index contributed by atoms with van der Waals surface area (Å²) in [6, 6.07) is 0. The highest BCUT2D eigenvalue weighted by atomic mass is 16.6. The summed E-state index contributed by atoms with van der Waals surface area (Å²) < 4.78 is 5.47. The lowest BCUT2D eigenvalue weighted by atomic mass is 10.1. The van der Waals surface area contributed by atoms with Crippen molar-refractivity contribution in [1.29, 1.82) is 0 Å². The summed E-state index contributed by atoms with van der Waals surface area (Å²) in [5.74, 6) is 2.25. The van der Waals surface area contributed by atoms with E-state index in [4.69, 9.17) is 16.0 Å². The van der Waals surface area contributed by atoms with E-state index >= 15 is 0 Å². The van der Waals surface area contributed by atoms with Gasteiger partial charge in [-0.25, -0.2) is 0 Å². The second-order valence-corrected chi connectivity index (χ2v) is 6.98. The quantitative estimate of drug-likeness (QED) is 0.257. The zero-order valence-electron chi connectivity index (χ0n) is 13.8. The number of rotatable bonds is 5. The standard InChI is InChI=1S/C17H25NO3/c1-8-9-20-18-11-12(2)10-13-14(17(13,6)7)15(19)21-16(3,4)5/h1,10-11,13-14H,9H2,2-7H3/b12-10?,18-11+/t13-,14+/m1/s1. The number of terminal acetylenes is 1. The first kappa shape index (κ1) is 17.3. The van der Waals surface area contributed by atoms with Gasteiger partial charge in [-0.3, -0.25) is 4.79 Å². The van der Waals surface area contributed by atoms with Gasteiger partial charge in [-0.2, -0.15) is 0 Å². The summed E-state index contributed by atoms with van der Waals surface area (Å²) in [5, 5.41) is 3.77. The fourth-order valence-electron chi connectivity index (χ4n) is 2.33. The Labute approximate surface area is 127 Å². The highest BCUT2D eigenvalue weighted by Gasteiger charge is 2.61. The molecule has 4 heteroatoms. The van der Waals surface area contributed by atoms with Crippen molar-refractivity contribution in [2.75, 3.05) is 6.61 Å². The van der Waals surface area contributed by atoms with E-state index in [2.05, 4.69) is 24.9 Å². The summed E-state index contributed by atoms with van der Waals surface area (Å²) in [7, 11) is 0. The first-order valence-corrected chi connectivity index (χ1v) is 7.09. The van der Waals surface area contributed by atoms with Crippen LogP contribution in [-0.2, 0) is 14.4 Å². The first-order chi connectivity index (χ1) is 9.59. The Morgan fingerprint density at radius 1 is 1.43 bits per heavy atom. The molecule has 4 nitrogen and oxygen atoms in total. The van der Waals surface area contributed by atoms with E-state index in [1.54, 1.807) is 6.21 Å². The molecule has 1 saturated carbocycles. The molecule has 0 aromatic heterocycles. The second kappa shape index (κ2) is 6.34. The molecule has 0 aromatic rings. The molecule has 21 heavy (non-hydrogen) atoms. The molecule has 0 heterocycles. The first-order valence-electron chi connectivity index (χ1n) is 7.09. The van der Waals surface area contributed by atoms with Crippen molar-refractivity contribution in [2.45, 2.75) is 47.1 Å². The number of oxime groups is 1. The van der Waals surface area contributed by atoms with Crippen LogP contribution in [0.2, 0.25) is 0 Å². The minimum atomic E-state index is -0.455. The predicted molar refractivity (Wildman–Crippen MR) is 83.6 cm³/mol. The van der Waals surface area contributed by atoms with E-state index in [9.17, 15) is 4.79 Å². The Bertz CT molecular complexity index is 489. The maximum atomic E-state index is 12.2. The molecule has 0 aliphatic heterocycles. The van der Waals surface area contributed by atoms with Gasteiger partial charge in [0.1, 0.15) is 5.60 Å². The van der Waals surface area contributed by atoms with Gasteiger partial charge in [-0.1, -0.05) is 31.0 Å². The predicted octanol–water partition coefficient (Wildman–Crippen LogP) is 3.18. The van der Waals surface area contributed by atoms with Crippen LogP contribution >= 0.6 is 0 Å². The van der Waals surface area contributed by atoms with Crippen LogP contribution in [0, 0.1) is 29.6 Å². The highest BCUT2D eigenvalue weighted by Crippen LogP contribution is 2.60. The van der Waals surface area contributed by atoms with Crippen LogP contribution in [0.15, 0.2) is 16.8 Å². The van der Waals surface area contributed by atoms with Crippen molar-refractivity contribution in [1.82, 2.24) is 0 Å². The molecule has 1 rings (SSSR count). The summed E-state index contributed by atoms with van der Waals surface area (Å²) in [5.41, 5.74) is 0.400. The molecule has 2 atom stereocenters. The van der Waals surface area contributed by atoms with Crippen LogP contribution in [0.5, 0.6) is 0 Å². The van der Waals surface area contributed by atoms with Gasteiger partial charge in [0.25, 0.3) is 0 Å². The molecular formula is C17H25NO3. The van der Waals surface area contributed by atoms with E-state index in [1.807, 2.05) is 33.8 Å². The van der Waals surface area contributed by atoms with Gasteiger partial charge < -0.3 is 9.57 Å². The Morgan fingerprint density at radius 3 is 2.57 bits per heavy atom. The molecule has 1 fully saturated rings. The molecule has 0 aromatic carbocycles. The zero-order valence-corrected chi connectivity index (χ0v) is 13.8. The number of esters is 1. The molecule has 1 aliphatic carbocycles. The Morgan fingerprint density at radius 2 is 2.05 bits per heavy atom. The van der Waals surface area contributed by atoms with E-state index in [1.165, 1.54) is 0 Å². The van der Waals surface area contributed by atoms with Gasteiger partial charge in [0.15, 0.2) is 6.61 Å². The number of nitrogens with zero attached hydrogens (tertiary/aromatic N) is 1. The minimum Gasteiger partial charge on any atom is -0.460 e. The maximum absolute atomic E-state index is 12.2. The molecule has 0 N–H and O–H groups in total. The number of hydrogen-bond donors (Lipinski definition) is 0. The molecule has 0 spiro atoms. The van der Waals surface area contributed by atoms with E-state index < -0.39 is 5.60 Å². The average molecular weight is 291 g/mol. The van der Waals surface area contributed by atoms with Crippen molar-refractivity contribution in [3.63, 3.8) is 0 Å². The van der Waals surface area contributed by atoms with Crippen molar-refractivity contribution in [3.05, 3.63) is 11.6 Å². The molecule has 0 bridgehead atoms. The van der Waals surface area contributed by atoms with Crippen molar-refractivity contribution < 1.29 is 14.4 Å². The van der Waals surface area contributed by atoms with Crippen LogP contribution in [-0.4, -0.2) is 24.4 Å². The number of ether oxygens (including phenoxy) is 1. The third-order valence-electron chi connectivity index (χ3n) is 3.49. The fraction of sp³-hybridized carbons (Fsp3) is 0.647. The normalized spacial score (nSPS) is 24.5. The van der Waals surface area contributed by atoms with Crippen LogP contribution in [0.3, 0.4) is 0 Å². The van der Waals surface area contributed by atoms with Crippen molar-refractivity contribution >= 4 is 12.2 Å². The molecule has 0 unspecified atom stereocenters. The van der Waals surface area contributed by atoms with E-state index in [0.29, 0.717) is 0 Å². The smallest absolute Gasteiger partial charge is 0.310 e. The second-order valence-electron chi connectivity index (χ2n) is 6.98. The summed E-state index contributed by atoms with van der Waals surface area (Å²) in [6.07, 6.45) is 8.71. The fourth-order valence-corrected chi connectivity index (χ4v) is 2.33. The Kier molecular flexibility index (Phi) is 5.22. The summed E-state index contributed by atoms with van der Waals surface area (Å²) >= 11 is 0. The molecular weight excluding hydrogens is 266 g/mol. The van der Waals surface area contributed by atoms with Crippen LogP contribution in [0.1, 0.15) is 41.5 Å². The van der Waals surface area contributed by atoms with Gasteiger partial charge in [-0.15, -0.1) is 6.42 Å². The number of carbonyl (C=O) groups is 1. The van der Waals surface area contributed by atoms with Crippen molar-refractivity contribution in [2.24, 2.45) is 22.4 Å². The monoisotopic (exact) mass is 291 g/mol. The van der Waals surface area contributed by atoms with Crippen LogP contribution < -0.4 is 0 Å². The third-order valence-corrected chi connectivity index (χ3v) is 3.49. The largest absolute Gasteiger partial charge is 0.460 e.